The molecule has 0 aliphatic rings. The summed E-state index contributed by atoms with van der Waals surface area (Å²) in [7, 11) is 1.73. The fraction of sp³-hybridized carbons (Fsp3) is 0.737. The summed E-state index contributed by atoms with van der Waals surface area (Å²) in [6.07, 6.45) is 1.15. The summed E-state index contributed by atoms with van der Waals surface area (Å²) in [5.41, 5.74) is 0.137. The Kier molecular flexibility index (Phi) is 8.53. The van der Waals surface area contributed by atoms with Crippen LogP contribution in [0.1, 0.15) is 63.0 Å². The number of ether oxygens (including phenoxy) is 1. The normalized spacial score (nSPS) is 12.7. The Hall–Kier alpha value is -1.83. The summed E-state index contributed by atoms with van der Waals surface area (Å²) >= 11 is 1.68. The van der Waals surface area contributed by atoms with Crippen molar-refractivity contribution in [3.8, 4) is 0 Å². The number of carbonyl (C=O) groups excluding carboxylic acids is 1. The highest BCUT2D eigenvalue weighted by molar-refractivity contribution is 7.11. The lowest BCUT2D eigenvalue weighted by Gasteiger charge is -2.34. The predicted molar refractivity (Wildman–Crippen MR) is 112 cm³/mol. The third kappa shape index (κ3) is 7.74. The van der Waals surface area contributed by atoms with Gasteiger partial charge in [0, 0.05) is 18.5 Å². The van der Waals surface area contributed by atoms with E-state index in [9.17, 15) is 4.79 Å². The van der Waals surface area contributed by atoms with E-state index in [0.29, 0.717) is 19.0 Å². The maximum Gasteiger partial charge on any atom is 0.408 e. The van der Waals surface area contributed by atoms with Gasteiger partial charge < -0.3 is 20.7 Å². The molecular formula is C19H35N5O2S. The average molecular weight is 398 g/mol. The number of guanidine groups is 1. The number of amides is 1. The molecule has 7 nitrogen and oxygen atoms in total. The van der Waals surface area contributed by atoms with Crippen LogP contribution in [0, 0.1) is 13.8 Å². The second-order valence-corrected chi connectivity index (χ2v) is 8.93. The van der Waals surface area contributed by atoms with Crippen molar-refractivity contribution in [2.45, 2.75) is 79.0 Å². The Balaban J connectivity index is 2.65. The van der Waals surface area contributed by atoms with Gasteiger partial charge in [-0.1, -0.05) is 13.8 Å². The van der Waals surface area contributed by atoms with E-state index in [-0.39, 0.29) is 0 Å². The summed E-state index contributed by atoms with van der Waals surface area (Å²) in [5, 5.41) is 10.7. The zero-order chi connectivity index (χ0) is 20.7. The minimum atomic E-state index is -0.522. The third-order valence-corrected chi connectivity index (χ3v) is 5.49. The van der Waals surface area contributed by atoms with Crippen LogP contribution in [0.5, 0.6) is 0 Å². The zero-order valence-electron chi connectivity index (χ0n) is 17.9. The molecule has 1 rings (SSSR count). The number of aryl methyl sites for hydroxylation is 2. The van der Waals surface area contributed by atoms with Crippen molar-refractivity contribution >= 4 is 23.4 Å². The molecule has 154 valence electrons. The highest BCUT2D eigenvalue weighted by Gasteiger charge is 2.30. The smallest absolute Gasteiger partial charge is 0.408 e. The van der Waals surface area contributed by atoms with Crippen LogP contribution in [0.25, 0.3) is 0 Å². The van der Waals surface area contributed by atoms with Crippen LogP contribution in [0.4, 0.5) is 4.79 Å². The highest BCUT2D eigenvalue weighted by atomic mass is 32.1. The van der Waals surface area contributed by atoms with Crippen molar-refractivity contribution in [3.63, 3.8) is 0 Å². The molecule has 0 bridgehead atoms. The Labute approximate surface area is 167 Å². The van der Waals surface area contributed by atoms with Crippen molar-refractivity contribution in [2.24, 2.45) is 4.99 Å². The van der Waals surface area contributed by atoms with Gasteiger partial charge in [0.2, 0.25) is 0 Å². The molecule has 0 saturated heterocycles. The summed E-state index contributed by atoms with van der Waals surface area (Å²) in [6, 6.07) is 0. The van der Waals surface area contributed by atoms with Gasteiger partial charge in [0.1, 0.15) is 10.6 Å². The predicted octanol–water partition coefficient (Wildman–Crippen LogP) is 3.51. The van der Waals surface area contributed by atoms with Gasteiger partial charge in [-0.05, 0) is 47.5 Å². The number of aromatic nitrogens is 1. The van der Waals surface area contributed by atoms with Crippen molar-refractivity contribution in [1.29, 1.82) is 0 Å². The standard InChI is InChI=1S/C19H35N5O2S/c1-9-19(10-2,24-17(25)26-18(5,6)7)12-22-16(20-8)21-11-15-23-13(3)14(4)27-15/h9-12H2,1-8H3,(H,24,25)(H2,20,21,22). The fourth-order valence-corrected chi connectivity index (χ4v) is 3.36. The average Bonchev–Trinajstić information content (AvgIpc) is 2.90. The van der Waals surface area contributed by atoms with E-state index in [4.69, 9.17) is 4.74 Å². The van der Waals surface area contributed by atoms with Crippen LogP contribution in [-0.2, 0) is 11.3 Å². The van der Waals surface area contributed by atoms with Crippen molar-refractivity contribution in [2.75, 3.05) is 13.6 Å². The number of nitrogens with one attached hydrogen (secondary N) is 3. The first-order chi connectivity index (χ1) is 12.5. The summed E-state index contributed by atoms with van der Waals surface area (Å²) in [6.45, 7) is 14.9. The number of rotatable bonds is 7. The number of alkyl carbamates (subject to hydrolysis) is 1. The van der Waals surface area contributed by atoms with Gasteiger partial charge in [-0.3, -0.25) is 4.99 Å². The molecule has 1 amide bonds. The van der Waals surface area contributed by atoms with E-state index in [1.165, 1.54) is 4.88 Å². The molecule has 0 radical (unpaired) electrons. The molecular weight excluding hydrogens is 362 g/mol. The fourth-order valence-electron chi connectivity index (χ4n) is 2.49. The van der Waals surface area contributed by atoms with E-state index < -0.39 is 17.2 Å². The molecule has 8 heteroatoms. The molecule has 0 fully saturated rings. The molecule has 0 aromatic carbocycles. The van der Waals surface area contributed by atoms with Crippen LogP contribution in [0.2, 0.25) is 0 Å². The van der Waals surface area contributed by atoms with Crippen LogP contribution in [0.15, 0.2) is 4.99 Å². The minimum absolute atomic E-state index is 0.398. The summed E-state index contributed by atoms with van der Waals surface area (Å²) < 4.78 is 5.42. The lowest BCUT2D eigenvalue weighted by molar-refractivity contribution is 0.0448. The lowest BCUT2D eigenvalue weighted by atomic mass is 9.93. The van der Waals surface area contributed by atoms with E-state index >= 15 is 0 Å². The SMILES string of the molecule is CCC(CC)(CNC(=NC)NCc1nc(C)c(C)s1)NC(=O)OC(C)(C)C. The van der Waals surface area contributed by atoms with Gasteiger partial charge >= 0.3 is 6.09 Å². The number of aliphatic imine (C=N–C) groups is 1. The Morgan fingerprint density at radius 1 is 1.19 bits per heavy atom. The first-order valence-electron chi connectivity index (χ1n) is 9.42. The monoisotopic (exact) mass is 397 g/mol. The quantitative estimate of drug-likeness (QED) is 0.484. The lowest BCUT2D eigenvalue weighted by Crippen LogP contribution is -2.57. The second kappa shape index (κ2) is 9.92. The maximum atomic E-state index is 12.2. The molecule has 3 N–H and O–H groups in total. The molecule has 1 aromatic heterocycles. The molecule has 1 aromatic rings. The third-order valence-electron chi connectivity index (χ3n) is 4.42. The maximum absolute atomic E-state index is 12.2. The molecule has 0 atom stereocenters. The summed E-state index contributed by atoms with van der Waals surface area (Å²) in [5.74, 6) is 0.678. The minimum Gasteiger partial charge on any atom is -0.444 e. The van der Waals surface area contributed by atoms with Gasteiger partial charge in [0.05, 0.1) is 17.8 Å². The number of hydrogen-bond donors (Lipinski definition) is 3. The van der Waals surface area contributed by atoms with E-state index in [2.05, 4.69) is 46.7 Å². The van der Waals surface area contributed by atoms with Crippen LogP contribution < -0.4 is 16.0 Å². The molecule has 0 aliphatic heterocycles. The molecule has 0 aliphatic carbocycles. The largest absolute Gasteiger partial charge is 0.444 e. The molecule has 1 heterocycles. The van der Waals surface area contributed by atoms with Crippen LogP contribution >= 0.6 is 11.3 Å². The first-order valence-corrected chi connectivity index (χ1v) is 10.2. The first kappa shape index (κ1) is 23.2. The molecule has 27 heavy (non-hydrogen) atoms. The van der Waals surface area contributed by atoms with Gasteiger partial charge in [0.15, 0.2) is 5.96 Å². The number of carbonyl (C=O) groups is 1. The zero-order valence-corrected chi connectivity index (χ0v) is 18.8. The van der Waals surface area contributed by atoms with E-state index in [0.717, 1.165) is 23.5 Å². The summed E-state index contributed by atoms with van der Waals surface area (Å²) in [4.78, 5) is 22.3. The number of thiazole rings is 1. The highest BCUT2D eigenvalue weighted by Crippen LogP contribution is 2.17. The molecule has 0 spiro atoms. The van der Waals surface area contributed by atoms with Crippen molar-refractivity contribution < 1.29 is 9.53 Å². The van der Waals surface area contributed by atoms with Gasteiger partial charge in [0.25, 0.3) is 0 Å². The van der Waals surface area contributed by atoms with Gasteiger partial charge in [-0.25, -0.2) is 9.78 Å². The van der Waals surface area contributed by atoms with Crippen LogP contribution in [-0.4, -0.2) is 41.8 Å². The molecule has 0 unspecified atom stereocenters. The van der Waals surface area contributed by atoms with E-state index in [1.54, 1.807) is 18.4 Å². The van der Waals surface area contributed by atoms with Gasteiger partial charge in [-0.15, -0.1) is 11.3 Å². The second-order valence-electron chi connectivity index (χ2n) is 7.64. The Morgan fingerprint density at radius 2 is 1.81 bits per heavy atom. The van der Waals surface area contributed by atoms with Crippen molar-refractivity contribution in [3.05, 3.63) is 15.6 Å². The number of nitrogens with zero attached hydrogens (tertiary/aromatic N) is 2. The van der Waals surface area contributed by atoms with E-state index in [1.807, 2.05) is 27.7 Å². The van der Waals surface area contributed by atoms with Gasteiger partial charge in [-0.2, -0.15) is 0 Å². The van der Waals surface area contributed by atoms with Crippen molar-refractivity contribution in [1.82, 2.24) is 20.9 Å². The molecule has 0 saturated carbocycles. The Bertz CT molecular complexity index is 626. The number of hydrogen-bond acceptors (Lipinski definition) is 5. The van der Waals surface area contributed by atoms with Crippen LogP contribution in [0.3, 0.4) is 0 Å². The Morgan fingerprint density at radius 3 is 2.26 bits per heavy atom. The topological polar surface area (TPSA) is 87.6 Å².